The molecule has 2 aliphatic heterocycles. The van der Waals surface area contributed by atoms with Gasteiger partial charge in [0.2, 0.25) is 5.91 Å². The van der Waals surface area contributed by atoms with Crippen LogP contribution in [0.5, 0.6) is 0 Å². The second kappa shape index (κ2) is 8.72. The van der Waals surface area contributed by atoms with Crippen molar-refractivity contribution in [1.29, 1.82) is 0 Å². The predicted molar refractivity (Wildman–Crippen MR) is 103 cm³/mol. The van der Waals surface area contributed by atoms with Gasteiger partial charge in [0.05, 0.1) is 18.9 Å². The summed E-state index contributed by atoms with van der Waals surface area (Å²) >= 11 is 1.22. The molecule has 2 saturated heterocycles. The number of hydrogen-bond donors (Lipinski definition) is 1. The van der Waals surface area contributed by atoms with Crippen molar-refractivity contribution in [2.45, 2.75) is 43.0 Å². The molecule has 2 amide bonds. The van der Waals surface area contributed by atoms with Crippen LogP contribution in [-0.2, 0) is 9.59 Å². The number of carboxylic acids is 1. The van der Waals surface area contributed by atoms with E-state index in [-0.39, 0.29) is 57.6 Å². The van der Waals surface area contributed by atoms with Crippen molar-refractivity contribution in [2.75, 3.05) is 0 Å². The van der Waals surface area contributed by atoms with E-state index < -0.39 is 70.2 Å². The summed E-state index contributed by atoms with van der Waals surface area (Å²) in [5.74, 6) is -2.75. The molecule has 3 N–H and O–H groups in total. The quantitative estimate of drug-likeness (QED) is 0.383. The van der Waals surface area contributed by atoms with Crippen molar-refractivity contribution < 1.29 is 65.9 Å². The molecule has 0 aliphatic carbocycles. The first kappa shape index (κ1) is 17.8. The van der Waals surface area contributed by atoms with Crippen LogP contribution in [0.2, 0.25) is 0 Å². The Balaban J connectivity index is 0.00000216. The van der Waals surface area contributed by atoms with Gasteiger partial charge >= 0.3 is 29.6 Å². The second-order valence-electron chi connectivity index (χ2n) is 6.99. The topological polar surface area (TPSA) is 147 Å². The standard InChI is InChI=1S/C19H19N3O5S.Na.H2O/c1-9-11(12(21-27-9)10-7-5-4-6-8-10)15(23)20-13-16(24)22-14(18(25)26)19(2,3)28-17(13)22;;/h4-8,13-14,17H,1-3H3,(H,20,23)(H,25,26);;1H2/q;+1;/p-1/t13-,14+,17-;;/m1../s1/i4D,5D,6D,7D,8D;;. The number of aliphatic carboxylic acids is 1. The molecule has 9 nitrogen and oxygen atoms in total. The number of carbonyl (C=O) groups excluding carboxylic acids is 3. The number of benzene rings is 1. The van der Waals surface area contributed by atoms with Crippen LogP contribution in [0, 0.1) is 6.92 Å². The number of nitrogens with one attached hydrogen (secondary N) is 1. The summed E-state index contributed by atoms with van der Waals surface area (Å²) in [6.45, 7) is 4.75. The van der Waals surface area contributed by atoms with Gasteiger partial charge in [0.15, 0.2) is 0 Å². The Bertz CT molecular complexity index is 1210. The predicted octanol–water partition coefficient (Wildman–Crippen LogP) is -3.26. The van der Waals surface area contributed by atoms with Gasteiger partial charge < -0.3 is 30.1 Å². The Morgan fingerprint density at radius 1 is 1.33 bits per heavy atom. The molecule has 0 bridgehead atoms. The Hall–Kier alpha value is -1.85. The number of hydrogen-bond acceptors (Lipinski definition) is 7. The first-order chi connectivity index (χ1) is 15.3. The molecule has 1 aromatic carbocycles. The summed E-state index contributed by atoms with van der Waals surface area (Å²) < 4.78 is 43.9. The number of carboxylic acid groups (broad SMARTS) is 1. The van der Waals surface area contributed by atoms with E-state index in [9.17, 15) is 19.5 Å². The van der Waals surface area contributed by atoms with Crippen molar-refractivity contribution in [1.82, 2.24) is 15.4 Å². The van der Waals surface area contributed by atoms with Gasteiger partial charge in [0.25, 0.3) is 5.91 Å². The number of rotatable bonds is 4. The maximum Gasteiger partial charge on any atom is 1.00 e. The van der Waals surface area contributed by atoms with E-state index in [4.69, 9.17) is 11.4 Å². The first-order valence-corrected chi connectivity index (χ1v) is 9.22. The third-order valence-electron chi connectivity index (χ3n) is 4.78. The molecule has 0 spiro atoms. The number of thioether (sulfide) groups is 1. The van der Waals surface area contributed by atoms with Gasteiger partial charge in [-0.1, -0.05) is 35.4 Å². The van der Waals surface area contributed by atoms with E-state index in [0.29, 0.717) is 0 Å². The number of β-lactam (4-membered cyclic amide) rings is 1. The summed E-state index contributed by atoms with van der Waals surface area (Å²) in [5.41, 5.74) is -0.742. The van der Waals surface area contributed by atoms with Crippen LogP contribution < -0.4 is 40.0 Å². The van der Waals surface area contributed by atoms with E-state index in [0.717, 1.165) is 0 Å². The number of fused-ring (bicyclic) bond motifs is 1. The Morgan fingerprint density at radius 3 is 2.57 bits per heavy atom. The van der Waals surface area contributed by atoms with Crippen LogP contribution in [-0.4, -0.2) is 55.5 Å². The smallest absolute Gasteiger partial charge is 0.548 e. The van der Waals surface area contributed by atoms with Crippen LogP contribution in [0.3, 0.4) is 0 Å². The van der Waals surface area contributed by atoms with Crippen molar-refractivity contribution >= 4 is 29.5 Å². The van der Waals surface area contributed by atoms with E-state index in [1.807, 2.05) is 0 Å². The zero-order chi connectivity index (χ0) is 24.6. The third kappa shape index (κ3) is 3.78. The minimum Gasteiger partial charge on any atom is -0.548 e. The number of nitrogens with zero attached hydrogens (tertiary/aromatic N) is 2. The molecule has 30 heavy (non-hydrogen) atoms. The normalized spacial score (nSPS) is 25.8. The molecular formula is C19H20N3NaO6S. The average Bonchev–Trinajstić information content (AvgIpc) is 3.24. The summed E-state index contributed by atoms with van der Waals surface area (Å²) in [5, 5.41) is 17.2. The fraction of sp³-hybridized carbons (Fsp3) is 0.368. The van der Waals surface area contributed by atoms with Crippen LogP contribution in [0.4, 0.5) is 0 Å². The molecular weight excluding hydrogens is 421 g/mol. The number of carbonyl (C=O) groups is 3. The maximum atomic E-state index is 13.1. The molecule has 2 fully saturated rings. The maximum absolute atomic E-state index is 13.1. The average molecular weight is 446 g/mol. The minimum absolute atomic E-state index is 0. The van der Waals surface area contributed by atoms with Gasteiger partial charge in [-0.25, -0.2) is 0 Å². The summed E-state index contributed by atoms with van der Waals surface area (Å²) in [7, 11) is 0. The van der Waals surface area contributed by atoms with Gasteiger partial charge in [0.1, 0.15) is 28.4 Å². The molecule has 154 valence electrons. The van der Waals surface area contributed by atoms with Gasteiger partial charge in [0, 0.05) is 10.3 Å². The molecule has 1 aromatic heterocycles. The Morgan fingerprint density at radius 2 is 1.97 bits per heavy atom. The summed E-state index contributed by atoms with van der Waals surface area (Å²) in [4.78, 5) is 38.5. The first-order valence-electron chi connectivity index (χ1n) is 10.8. The molecule has 0 radical (unpaired) electrons. The summed E-state index contributed by atoms with van der Waals surface area (Å²) in [6, 6.07) is -5.07. The molecule has 2 aromatic rings. The fourth-order valence-electron chi connectivity index (χ4n) is 3.52. The van der Waals surface area contributed by atoms with E-state index >= 15 is 0 Å². The largest absolute Gasteiger partial charge is 1.00 e. The summed E-state index contributed by atoms with van der Waals surface area (Å²) in [6.07, 6.45) is 0. The van der Waals surface area contributed by atoms with E-state index in [1.54, 1.807) is 13.8 Å². The SMILES string of the molecule is O.[2H]c1c([2H])c([2H])c(-c2noc(C)c2C(=O)N[C@@H]2C(=O)N3[C@@H]2SC(C)(C)[C@@H]3C(=O)[O-])c([2H])c1[2H].[Na+]. The molecule has 3 atom stereocenters. The van der Waals surface area contributed by atoms with E-state index in [1.165, 1.54) is 23.6 Å². The second-order valence-corrected chi connectivity index (χ2v) is 8.76. The van der Waals surface area contributed by atoms with Gasteiger partial charge in [-0.2, -0.15) is 0 Å². The zero-order valence-corrected chi connectivity index (χ0v) is 19.4. The molecule has 2 aliphatic rings. The molecule has 3 heterocycles. The van der Waals surface area contributed by atoms with E-state index in [2.05, 4.69) is 10.5 Å². The molecule has 0 saturated carbocycles. The van der Waals surface area contributed by atoms with Crippen molar-refractivity contribution in [2.24, 2.45) is 0 Å². The fourth-order valence-corrected chi connectivity index (χ4v) is 5.14. The van der Waals surface area contributed by atoms with Crippen LogP contribution in [0.15, 0.2) is 34.7 Å². The number of aryl methyl sites for hydroxylation is 1. The Kier molecular flexibility index (Phi) is 5.17. The monoisotopic (exact) mass is 446 g/mol. The number of amides is 2. The third-order valence-corrected chi connectivity index (χ3v) is 6.35. The van der Waals surface area contributed by atoms with Crippen molar-refractivity contribution in [3.63, 3.8) is 0 Å². The number of aromatic nitrogens is 1. The zero-order valence-electron chi connectivity index (χ0n) is 21.6. The van der Waals surface area contributed by atoms with Gasteiger partial charge in [-0.05, 0) is 20.8 Å². The van der Waals surface area contributed by atoms with Crippen LogP contribution in [0.1, 0.15) is 36.8 Å². The molecule has 0 unspecified atom stereocenters. The van der Waals surface area contributed by atoms with Gasteiger partial charge in [-0.15, -0.1) is 11.8 Å². The van der Waals surface area contributed by atoms with Crippen LogP contribution >= 0.6 is 11.8 Å². The van der Waals surface area contributed by atoms with Crippen molar-refractivity contribution in [3.8, 4) is 11.3 Å². The Labute approximate surface area is 206 Å². The molecule has 11 heteroatoms. The van der Waals surface area contributed by atoms with Crippen LogP contribution in [0.25, 0.3) is 11.3 Å². The molecule has 4 rings (SSSR count). The van der Waals surface area contributed by atoms with Crippen molar-refractivity contribution in [3.05, 3.63) is 41.5 Å². The van der Waals surface area contributed by atoms with Gasteiger partial charge in [-0.3, -0.25) is 9.59 Å². The minimum atomic E-state index is -1.38.